The standard InChI is InChI=1S/C25H22ClF3N4O4/c1-3-22(34)33-10-13-6-14(11-33)23(13)36-21-8-16-18(9-20(21)35-2)30-12-31-24(16)32-15-4-5-19(17(26)7-15)37-25(27,28)29/h3-5,7-9,12-14,23H,1,6,10-11H2,2H3,(H,30,31,32)/t13-,14+,23?. The highest BCUT2D eigenvalue weighted by atomic mass is 35.5. The summed E-state index contributed by atoms with van der Waals surface area (Å²) in [7, 11) is 1.53. The minimum absolute atomic E-state index is 0.0683. The predicted octanol–water partition coefficient (Wildman–Crippen LogP) is 5.35. The maximum atomic E-state index is 12.6. The zero-order chi connectivity index (χ0) is 26.3. The molecule has 1 amide bonds. The van der Waals surface area contributed by atoms with Crippen molar-refractivity contribution >= 4 is 39.9 Å². The molecular formula is C25H22ClF3N4O4. The van der Waals surface area contributed by atoms with Crippen LogP contribution in [0.1, 0.15) is 6.42 Å². The molecule has 1 saturated carbocycles. The molecule has 2 bridgehead atoms. The third-order valence-electron chi connectivity index (χ3n) is 6.53. The van der Waals surface area contributed by atoms with Gasteiger partial charge in [0.25, 0.3) is 0 Å². The van der Waals surface area contributed by atoms with E-state index in [0.29, 0.717) is 47.0 Å². The molecule has 3 aromatic rings. The lowest BCUT2D eigenvalue weighted by atomic mass is 9.68. The van der Waals surface area contributed by atoms with Crippen LogP contribution in [-0.2, 0) is 4.79 Å². The van der Waals surface area contributed by atoms with Crippen LogP contribution in [0, 0.1) is 11.8 Å². The lowest BCUT2D eigenvalue weighted by Gasteiger charge is -2.52. The molecule has 0 radical (unpaired) electrons. The SMILES string of the molecule is C=CC(=O)N1C[C@H]2C[C@@H](C1)C2Oc1cc2c(Nc3ccc(OC(F)(F)F)c(Cl)c3)ncnc2cc1OC. The largest absolute Gasteiger partial charge is 0.573 e. The first-order valence-electron chi connectivity index (χ1n) is 11.4. The van der Waals surface area contributed by atoms with Gasteiger partial charge in [0.15, 0.2) is 11.5 Å². The van der Waals surface area contributed by atoms with Crippen molar-refractivity contribution in [1.82, 2.24) is 14.9 Å². The number of piperidine rings is 2. The number of hydrogen-bond acceptors (Lipinski definition) is 7. The van der Waals surface area contributed by atoms with E-state index in [1.807, 2.05) is 0 Å². The average molecular weight is 535 g/mol. The number of halogens is 4. The van der Waals surface area contributed by atoms with Crippen molar-refractivity contribution in [2.45, 2.75) is 18.9 Å². The summed E-state index contributed by atoms with van der Waals surface area (Å²) in [5, 5.41) is 3.46. The monoisotopic (exact) mass is 534 g/mol. The zero-order valence-electron chi connectivity index (χ0n) is 19.6. The van der Waals surface area contributed by atoms with Crippen molar-refractivity contribution < 1.29 is 32.2 Å². The number of nitrogens with one attached hydrogen (secondary N) is 1. The molecule has 12 heteroatoms. The van der Waals surface area contributed by atoms with E-state index in [2.05, 4.69) is 26.6 Å². The van der Waals surface area contributed by atoms with Crippen LogP contribution >= 0.6 is 11.6 Å². The van der Waals surface area contributed by atoms with Crippen LogP contribution in [0.4, 0.5) is 24.7 Å². The number of carbonyl (C=O) groups is 1. The first-order valence-corrected chi connectivity index (χ1v) is 11.8. The van der Waals surface area contributed by atoms with E-state index in [4.69, 9.17) is 21.1 Å². The van der Waals surface area contributed by atoms with Crippen LogP contribution in [0.3, 0.4) is 0 Å². The quantitative estimate of drug-likeness (QED) is 0.409. The molecule has 2 aliphatic heterocycles. The van der Waals surface area contributed by atoms with Crippen LogP contribution in [0.5, 0.6) is 17.2 Å². The fourth-order valence-electron chi connectivity index (χ4n) is 4.83. The van der Waals surface area contributed by atoms with Crippen molar-refractivity contribution in [1.29, 1.82) is 0 Å². The Bertz CT molecular complexity index is 1360. The molecule has 0 spiro atoms. The number of nitrogens with zero attached hydrogens (tertiary/aromatic N) is 3. The number of fused-ring (bicyclic) bond motifs is 3. The smallest absolute Gasteiger partial charge is 0.493 e. The number of alkyl halides is 3. The fraction of sp³-hybridized carbons (Fsp3) is 0.320. The van der Waals surface area contributed by atoms with Gasteiger partial charge in [-0.3, -0.25) is 4.79 Å². The Morgan fingerprint density at radius 1 is 1.16 bits per heavy atom. The second kappa shape index (κ2) is 9.62. The number of aromatic nitrogens is 2. The van der Waals surface area contributed by atoms with Gasteiger partial charge in [0.2, 0.25) is 5.91 Å². The second-order valence-corrected chi connectivity index (χ2v) is 9.25. The fourth-order valence-corrected chi connectivity index (χ4v) is 5.05. The molecule has 6 rings (SSSR count). The zero-order valence-corrected chi connectivity index (χ0v) is 20.3. The Kier molecular flexibility index (Phi) is 6.49. The Labute approximate surface area is 215 Å². The van der Waals surface area contributed by atoms with Crippen molar-refractivity contribution in [3.63, 3.8) is 0 Å². The topological polar surface area (TPSA) is 85.8 Å². The van der Waals surface area contributed by atoms with Crippen LogP contribution in [0.2, 0.25) is 5.02 Å². The van der Waals surface area contributed by atoms with Gasteiger partial charge >= 0.3 is 6.36 Å². The van der Waals surface area contributed by atoms with Gasteiger partial charge in [-0.25, -0.2) is 9.97 Å². The normalized spacial score (nSPS) is 20.7. The van der Waals surface area contributed by atoms with E-state index in [9.17, 15) is 18.0 Å². The highest BCUT2D eigenvalue weighted by Crippen LogP contribution is 2.45. The molecule has 37 heavy (non-hydrogen) atoms. The molecule has 8 nitrogen and oxygen atoms in total. The van der Waals surface area contributed by atoms with Crippen LogP contribution in [0.15, 0.2) is 49.3 Å². The van der Waals surface area contributed by atoms with Crippen LogP contribution in [0.25, 0.3) is 10.9 Å². The van der Waals surface area contributed by atoms with E-state index >= 15 is 0 Å². The number of carbonyl (C=O) groups excluding carboxylic acids is 1. The van der Waals surface area contributed by atoms with Crippen molar-refractivity contribution in [3.8, 4) is 17.2 Å². The lowest BCUT2D eigenvalue weighted by molar-refractivity contribution is -0.274. The molecule has 1 aliphatic carbocycles. The number of anilines is 2. The molecule has 3 atom stereocenters. The van der Waals surface area contributed by atoms with E-state index in [0.717, 1.165) is 12.5 Å². The third kappa shape index (κ3) is 5.08. The molecule has 2 aromatic carbocycles. The summed E-state index contributed by atoms with van der Waals surface area (Å²) in [5.41, 5.74) is 0.972. The highest BCUT2D eigenvalue weighted by Gasteiger charge is 2.49. The summed E-state index contributed by atoms with van der Waals surface area (Å²) in [4.78, 5) is 22.4. The third-order valence-corrected chi connectivity index (χ3v) is 6.83. The van der Waals surface area contributed by atoms with Gasteiger partial charge in [-0.1, -0.05) is 18.2 Å². The molecule has 2 saturated heterocycles. The Balaban J connectivity index is 1.40. The molecule has 3 heterocycles. The van der Waals surface area contributed by atoms with Gasteiger partial charge in [-0.15, -0.1) is 13.2 Å². The van der Waals surface area contributed by atoms with Gasteiger partial charge in [0, 0.05) is 42.1 Å². The van der Waals surface area contributed by atoms with Gasteiger partial charge in [-0.05, 0) is 36.8 Å². The van der Waals surface area contributed by atoms with E-state index < -0.39 is 12.1 Å². The summed E-state index contributed by atoms with van der Waals surface area (Å²) < 4.78 is 53.5. The van der Waals surface area contributed by atoms with Crippen LogP contribution < -0.4 is 19.5 Å². The minimum atomic E-state index is -4.85. The number of methoxy groups -OCH3 is 1. The number of hydrogen-bond donors (Lipinski definition) is 1. The van der Waals surface area contributed by atoms with Gasteiger partial charge in [-0.2, -0.15) is 0 Å². The maximum Gasteiger partial charge on any atom is 0.573 e. The molecule has 3 fully saturated rings. The Morgan fingerprint density at radius 3 is 2.57 bits per heavy atom. The van der Waals surface area contributed by atoms with E-state index in [1.165, 1.54) is 31.6 Å². The van der Waals surface area contributed by atoms with Gasteiger partial charge in [0.1, 0.15) is 24.0 Å². The van der Waals surface area contributed by atoms with E-state index in [-0.39, 0.29) is 28.9 Å². The summed E-state index contributed by atoms with van der Waals surface area (Å²) in [6.07, 6.45) is -1.26. The summed E-state index contributed by atoms with van der Waals surface area (Å²) in [5.74, 6) is 1.21. The number of benzene rings is 2. The molecule has 194 valence electrons. The first-order chi connectivity index (χ1) is 17.6. The molecule has 1 aromatic heterocycles. The van der Waals surface area contributed by atoms with E-state index in [1.54, 1.807) is 17.0 Å². The average Bonchev–Trinajstić information content (AvgIpc) is 2.87. The predicted molar refractivity (Wildman–Crippen MR) is 130 cm³/mol. The first kappa shape index (κ1) is 24.9. The van der Waals surface area contributed by atoms with Crippen molar-refractivity contribution in [2.24, 2.45) is 11.8 Å². The highest BCUT2D eigenvalue weighted by molar-refractivity contribution is 6.32. The molecule has 3 aliphatic rings. The van der Waals surface area contributed by atoms with Crippen molar-refractivity contribution in [2.75, 3.05) is 25.5 Å². The van der Waals surface area contributed by atoms with Crippen molar-refractivity contribution in [3.05, 3.63) is 54.3 Å². The minimum Gasteiger partial charge on any atom is -0.493 e. The molecule has 1 unspecified atom stereocenters. The number of amides is 1. The maximum absolute atomic E-state index is 12.6. The molecule has 1 N–H and O–H groups in total. The summed E-state index contributed by atoms with van der Waals surface area (Å²) in [6, 6.07) is 7.32. The summed E-state index contributed by atoms with van der Waals surface area (Å²) >= 11 is 5.99. The van der Waals surface area contributed by atoms with Gasteiger partial charge < -0.3 is 24.4 Å². The lowest BCUT2D eigenvalue weighted by Crippen LogP contribution is -2.61. The molecular weight excluding hydrogens is 513 g/mol. The Morgan fingerprint density at radius 2 is 1.92 bits per heavy atom. The Hall–Kier alpha value is -3.73. The number of rotatable bonds is 7. The second-order valence-electron chi connectivity index (χ2n) is 8.85. The number of ether oxygens (including phenoxy) is 3. The summed E-state index contributed by atoms with van der Waals surface area (Å²) in [6.45, 7) is 4.77. The van der Waals surface area contributed by atoms with Crippen LogP contribution in [-0.4, -0.2) is 53.4 Å². The van der Waals surface area contributed by atoms with Gasteiger partial charge in [0.05, 0.1) is 17.6 Å².